The number of amides is 2. The van der Waals surface area contributed by atoms with Crippen molar-refractivity contribution in [1.82, 2.24) is 19.8 Å². The molecule has 0 aromatic carbocycles. The average Bonchev–Trinajstić information content (AvgIpc) is 3.21. The Bertz CT molecular complexity index is 821. The molecule has 142 valence electrons. The Labute approximate surface area is 163 Å². The zero-order valence-corrected chi connectivity index (χ0v) is 16.4. The highest BCUT2D eigenvalue weighted by atomic mass is 32.1. The number of hydrogen-bond acceptors (Lipinski definition) is 5. The molecule has 2 fully saturated rings. The molecule has 0 saturated carbocycles. The molecule has 7 heteroatoms. The third kappa shape index (κ3) is 3.88. The Kier molecular flexibility index (Phi) is 4.95. The van der Waals surface area contributed by atoms with E-state index in [1.54, 1.807) is 12.4 Å². The molecule has 27 heavy (non-hydrogen) atoms. The van der Waals surface area contributed by atoms with Crippen molar-refractivity contribution in [2.24, 2.45) is 5.41 Å². The van der Waals surface area contributed by atoms with Gasteiger partial charge < -0.3 is 9.80 Å². The van der Waals surface area contributed by atoms with Crippen LogP contribution < -0.4 is 0 Å². The van der Waals surface area contributed by atoms with Crippen LogP contribution in [0.1, 0.15) is 46.7 Å². The zero-order valence-electron chi connectivity index (χ0n) is 15.6. The highest BCUT2D eigenvalue weighted by molar-refractivity contribution is 7.12. The molecular formula is C20H24N4O2S. The van der Waals surface area contributed by atoms with Crippen LogP contribution in [0.25, 0.3) is 0 Å². The number of carbonyl (C=O) groups is 2. The van der Waals surface area contributed by atoms with Gasteiger partial charge in [0.1, 0.15) is 0 Å². The highest BCUT2D eigenvalue weighted by Gasteiger charge is 2.43. The molecule has 1 spiro atoms. The summed E-state index contributed by atoms with van der Waals surface area (Å²) in [6, 6.07) is 3.81. The van der Waals surface area contributed by atoms with Gasteiger partial charge in [-0.1, -0.05) is 6.07 Å². The van der Waals surface area contributed by atoms with Crippen LogP contribution in [0, 0.1) is 12.3 Å². The summed E-state index contributed by atoms with van der Waals surface area (Å²) in [5.41, 5.74) is 1.68. The summed E-state index contributed by atoms with van der Waals surface area (Å²) >= 11 is 1.49. The van der Waals surface area contributed by atoms with E-state index in [-0.39, 0.29) is 17.2 Å². The van der Waals surface area contributed by atoms with Crippen molar-refractivity contribution in [3.8, 4) is 0 Å². The largest absolute Gasteiger partial charge is 0.337 e. The minimum Gasteiger partial charge on any atom is -0.337 e. The first-order chi connectivity index (χ1) is 13.0. The monoisotopic (exact) mass is 384 g/mol. The second-order valence-electron chi connectivity index (χ2n) is 7.71. The van der Waals surface area contributed by atoms with Gasteiger partial charge in [0.2, 0.25) is 5.91 Å². The molecule has 0 bridgehead atoms. The lowest BCUT2D eigenvalue weighted by molar-refractivity contribution is -0.139. The fraction of sp³-hybridized carbons (Fsp3) is 0.500. The van der Waals surface area contributed by atoms with Gasteiger partial charge in [-0.3, -0.25) is 19.6 Å². The van der Waals surface area contributed by atoms with Crippen molar-refractivity contribution >= 4 is 23.2 Å². The Morgan fingerprint density at radius 1 is 1.26 bits per heavy atom. The topological polar surface area (TPSA) is 66.4 Å². The molecule has 1 atom stereocenters. The number of rotatable bonds is 3. The van der Waals surface area contributed by atoms with Gasteiger partial charge in [0, 0.05) is 37.7 Å². The summed E-state index contributed by atoms with van der Waals surface area (Å²) in [5.74, 6) is 0.293. The zero-order chi connectivity index (χ0) is 18.9. The first-order valence-corrected chi connectivity index (χ1v) is 10.3. The van der Waals surface area contributed by atoms with Gasteiger partial charge >= 0.3 is 0 Å². The minimum atomic E-state index is -0.00277. The molecule has 2 aliphatic heterocycles. The molecule has 2 amide bonds. The van der Waals surface area contributed by atoms with Crippen molar-refractivity contribution in [1.29, 1.82) is 0 Å². The normalized spacial score (nSPS) is 23.1. The predicted octanol–water partition coefficient (Wildman–Crippen LogP) is 2.89. The number of hydrogen-bond donors (Lipinski definition) is 0. The summed E-state index contributed by atoms with van der Waals surface area (Å²) in [5, 5.41) is 1.94. The van der Waals surface area contributed by atoms with Gasteiger partial charge in [-0.05, 0) is 37.6 Å². The van der Waals surface area contributed by atoms with Crippen LogP contribution in [0.2, 0.25) is 0 Å². The van der Waals surface area contributed by atoms with Gasteiger partial charge in [0.25, 0.3) is 5.91 Å². The standard InChI is InChI=1S/C20H24N4O2S/c1-15-10-22-16(11-21-15)12-24-14-20(7-5-18(24)25)6-3-8-23(13-20)19(26)17-4-2-9-27-17/h2,4,9-11H,3,5-8,12-14H2,1H3/t20-/m0/s1. The molecule has 2 aliphatic rings. The maximum atomic E-state index is 12.8. The van der Waals surface area contributed by atoms with E-state index < -0.39 is 0 Å². The van der Waals surface area contributed by atoms with E-state index in [2.05, 4.69) is 9.97 Å². The first kappa shape index (κ1) is 18.1. The summed E-state index contributed by atoms with van der Waals surface area (Å²) in [6.07, 6.45) is 6.93. The Balaban J connectivity index is 1.47. The fourth-order valence-corrected chi connectivity index (χ4v) is 4.90. The number of likely N-dealkylation sites (tertiary alicyclic amines) is 2. The van der Waals surface area contributed by atoms with Crippen molar-refractivity contribution < 1.29 is 9.59 Å². The van der Waals surface area contributed by atoms with E-state index in [9.17, 15) is 9.59 Å². The van der Waals surface area contributed by atoms with Crippen LogP contribution in [0.4, 0.5) is 0 Å². The fourth-order valence-electron chi connectivity index (χ4n) is 4.21. The Morgan fingerprint density at radius 3 is 2.89 bits per heavy atom. The third-order valence-corrected chi connectivity index (χ3v) is 6.47. The molecule has 2 saturated heterocycles. The molecule has 6 nitrogen and oxygen atoms in total. The molecule has 0 N–H and O–H groups in total. The summed E-state index contributed by atoms with van der Waals surface area (Å²) < 4.78 is 0. The van der Waals surface area contributed by atoms with Crippen molar-refractivity contribution in [3.63, 3.8) is 0 Å². The lowest BCUT2D eigenvalue weighted by Gasteiger charge is -2.48. The SMILES string of the molecule is Cc1cnc(CN2C[C@@]3(CCCN(C(=O)c4cccs4)C3)CCC2=O)cn1. The van der Waals surface area contributed by atoms with E-state index in [0.29, 0.717) is 19.5 Å². The molecule has 0 unspecified atom stereocenters. The van der Waals surface area contributed by atoms with Gasteiger partial charge in [0.05, 0.1) is 29.0 Å². The summed E-state index contributed by atoms with van der Waals surface area (Å²) in [7, 11) is 0. The minimum absolute atomic E-state index is 0.00277. The van der Waals surface area contributed by atoms with Crippen LogP contribution in [0.5, 0.6) is 0 Å². The second-order valence-corrected chi connectivity index (χ2v) is 8.65. The van der Waals surface area contributed by atoms with Crippen LogP contribution >= 0.6 is 11.3 Å². The van der Waals surface area contributed by atoms with Crippen LogP contribution in [0.3, 0.4) is 0 Å². The van der Waals surface area contributed by atoms with Gasteiger partial charge in [-0.25, -0.2) is 0 Å². The van der Waals surface area contributed by atoms with Gasteiger partial charge in [-0.2, -0.15) is 0 Å². The maximum absolute atomic E-state index is 12.8. The first-order valence-electron chi connectivity index (χ1n) is 9.43. The lowest BCUT2D eigenvalue weighted by Crippen LogP contribution is -2.54. The maximum Gasteiger partial charge on any atom is 0.263 e. The summed E-state index contributed by atoms with van der Waals surface area (Å²) in [6.45, 7) is 4.62. The van der Waals surface area contributed by atoms with Crippen LogP contribution in [0.15, 0.2) is 29.9 Å². The van der Waals surface area contributed by atoms with E-state index in [1.165, 1.54) is 11.3 Å². The van der Waals surface area contributed by atoms with Gasteiger partial charge in [-0.15, -0.1) is 11.3 Å². The van der Waals surface area contributed by atoms with Crippen molar-refractivity contribution in [3.05, 3.63) is 46.2 Å². The number of aryl methyl sites for hydroxylation is 1. The highest BCUT2D eigenvalue weighted by Crippen LogP contribution is 2.39. The van der Waals surface area contributed by atoms with Crippen LogP contribution in [-0.2, 0) is 11.3 Å². The second kappa shape index (κ2) is 7.38. The molecule has 4 heterocycles. The molecular weight excluding hydrogens is 360 g/mol. The molecule has 0 radical (unpaired) electrons. The molecule has 0 aliphatic carbocycles. The third-order valence-electron chi connectivity index (χ3n) is 5.62. The molecule has 2 aromatic heterocycles. The van der Waals surface area contributed by atoms with E-state index in [0.717, 1.165) is 48.6 Å². The summed E-state index contributed by atoms with van der Waals surface area (Å²) in [4.78, 5) is 38.7. The number of piperidine rings is 2. The smallest absolute Gasteiger partial charge is 0.263 e. The van der Waals surface area contributed by atoms with E-state index in [4.69, 9.17) is 0 Å². The number of carbonyl (C=O) groups excluding carboxylic acids is 2. The van der Waals surface area contributed by atoms with Gasteiger partial charge in [0.15, 0.2) is 0 Å². The van der Waals surface area contributed by atoms with Crippen molar-refractivity contribution in [2.45, 2.75) is 39.2 Å². The number of thiophene rings is 1. The number of aromatic nitrogens is 2. The lowest BCUT2D eigenvalue weighted by atomic mass is 9.73. The Hall–Kier alpha value is -2.28. The number of nitrogens with zero attached hydrogens (tertiary/aromatic N) is 4. The van der Waals surface area contributed by atoms with Crippen LogP contribution in [-0.4, -0.2) is 51.2 Å². The quantitative estimate of drug-likeness (QED) is 0.816. The predicted molar refractivity (Wildman–Crippen MR) is 103 cm³/mol. The average molecular weight is 385 g/mol. The molecule has 4 rings (SSSR count). The Morgan fingerprint density at radius 2 is 2.15 bits per heavy atom. The molecule has 2 aromatic rings. The van der Waals surface area contributed by atoms with E-state index in [1.807, 2.05) is 34.2 Å². The van der Waals surface area contributed by atoms with Crippen molar-refractivity contribution in [2.75, 3.05) is 19.6 Å². The van der Waals surface area contributed by atoms with E-state index >= 15 is 0 Å².